The lowest BCUT2D eigenvalue weighted by Crippen LogP contribution is -2.08. The van der Waals surface area contributed by atoms with Crippen molar-refractivity contribution in [2.75, 3.05) is 5.75 Å². The highest BCUT2D eigenvalue weighted by molar-refractivity contribution is 7.99. The van der Waals surface area contributed by atoms with Gasteiger partial charge in [-0.3, -0.25) is 5.41 Å². The summed E-state index contributed by atoms with van der Waals surface area (Å²) in [7, 11) is 0. The molecule has 4 heteroatoms. The van der Waals surface area contributed by atoms with Gasteiger partial charge in [-0.15, -0.1) is 11.8 Å². The molecule has 0 fully saturated rings. The number of nitrogens with one attached hydrogen (secondary N) is 1. The molecule has 1 heterocycles. The van der Waals surface area contributed by atoms with E-state index >= 15 is 0 Å². The number of rotatable bonds is 6. The Hall–Kier alpha value is -1.03. The van der Waals surface area contributed by atoms with E-state index in [9.17, 15) is 0 Å². The number of hydrogen-bond donors (Lipinski definition) is 2. The van der Waals surface area contributed by atoms with E-state index in [2.05, 4.69) is 24.0 Å². The summed E-state index contributed by atoms with van der Waals surface area (Å²) < 4.78 is 0. The summed E-state index contributed by atoms with van der Waals surface area (Å²) in [4.78, 5) is 4.46. The average Bonchev–Trinajstić information content (AvgIpc) is 2.15. The van der Waals surface area contributed by atoms with Crippen LogP contribution in [0.5, 0.6) is 0 Å². The number of aromatic nitrogens is 1. The smallest absolute Gasteiger partial charge is 0.0965 e. The van der Waals surface area contributed by atoms with Crippen molar-refractivity contribution in [2.24, 2.45) is 5.73 Å². The third kappa shape index (κ3) is 5.16. The number of nitrogens with zero attached hydrogens (tertiary/aromatic N) is 1. The maximum absolute atomic E-state index is 7.11. The zero-order chi connectivity index (χ0) is 12.0. The molecular formula is C12H19N3S. The SMILES string of the molecule is Cc1cc(C)nc(SCCCCC(=N)N)c1. The van der Waals surface area contributed by atoms with E-state index in [4.69, 9.17) is 11.1 Å². The van der Waals surface area contributed by atoms with Crippen LogP contribution in [0.2, 0.25) is 0 Å². The summed E-state index contributed by atoms with van der Waals surface area (Å²) >= 11 is 1.78. The van der Waals surface area contributed by atoms with Gasteiger partial charge >= 0.3 is 0 Å². The standard InChI is InChI=1S/C12H19N3S/c1-9-7-10(2)15-12(8-9)16-6-4-3-5-11(13)14/h7-8H,3-6H2,1-2H3,(H3,13,14). The molecule has 3 N–H and O–H groups in total. The third-order valence-corrected chi connectivity index (χ3v) is 3.16. The van der Waals surface area contributed by atoms with E-state index < -0.39 is 0 Å². The van der Waals surface area contributed by atoms with Gasteiger partial charge in [0, 0.05) is 12.1 Å². The Balaban J connectivity index is 2.29. The van der Waals surface area contributed by atoms with Gasteiger partial charge in [0.1, 0.15) is 0 Å². The molecule has 0 saturated carbocycles. The molecule has 0 radical (unpaired) electrons. The molecule has 0 spiro atoms. The molecular weight excluding hydrogens is 218 g/mol. The normalized spacial score (nSPS) is 10.4. The van der Waals surface area contributed by atoms with E-state index in [1.807, 2.05) is 6.92 Å². The number of hydrogen-bond acceptors (Lipinski definition) is 3. The Bertz CT molecular complexity index is 343. The molecule has 0 aliphatic rings. The Morgan fingerprint density at radius 2 is 2.12 bits per heavy atom. The predicted octanol–water partition coefficient (Wildman–Crippen LogP) is 2.90. The van der Waals surface area contributed by atoms with Crippen LogP contribution in [0.15, 0.2) is 17.2 Å². The van der Waals surface area contributed by atoms with E-state index in [0.717, 1.165) is 29.3 Å². The maximum Gasteiger partial charge on any atom is 0.0965 e. The molecule has 0 atom stereocenters. The summed E-state index contributed by atoms with van der Waals surface area (Å²) in [5.74, 6) is 1.33. The summed E-state index contributed by atoms with van der Waals surface area (Å²) in [6, 6.07) is 4.20. The van der Waals surface area contributed by atoms with Crippen molar-refractivity contribution in [3.05, 3.63) is 23.4 Å². The van der Waals surface area contributed by atoms with Gasteiger partial charge in [0.15, 0.2) is 0 Å². The van der Waals surface area contributed by atoms with Gasteiger partial charge < -0.3 is 5.73 Å². The van der Waals surface area contributed by atoms with Crippen LogP contribution in [0.3, 0.4) is 0 Å². The second-order valence-corrected chi connectivity index (χ2v) is 5.07. The molecule has 0 aliphatic carbocycles. The molecule has 88 valence electrons. The van der Waals surface area contributed by atoms with Crippen LogP contribution in [-0.4, -0.2) is 16.6 Å². The first-order valence-corrected chi connectivity index (χ1v) is 6.47. The molecule has 16 heavy (non-hydrogen) atoms. The van der Waals surface area contributed by atoms with Crippen molar-refractivity contribution in [1.82, 2.24) is 4.98 Å². The molecule has 0 aliphatic heterocycles. The van der Waals surface area contributed by atoms with Gasteiger partial charge in [0.05, 0.1) is 10.9 Å². The monoisotopic (exact) mass is 237 g/mol. The zero-order valence-corrected chi connectivity index (χ0v) is 10.7. The quantitative estimate of drug-likeness (QED) is 0.346. The topological polar surface area (TPSA) is 62.8 Å². The first-order valence-electron chi connectivity index (χ1n) is 5.49. The van der Waals surface area contributed by atoms with Crippen LogP contribution in [0.25, 0.3) is 0 Å². The first-order chi connectivity index (χ1) is 7.58. The fraction of sp³-hybridized carbons (Fsp3) is 0.500. The molecule has 3 nitrogen and oxygen atoms in total. The average molecular weight is 237 g/mol. The van der Waals surface area contributed by atoms with Crippen molar-refractivity contribution < 1.29 is 0 Å². The summed E-state index contributed by atoms with van der Waals surface area (Å²) in [6.07, 6.45) is 2.78. The maximum atomic E-state index is 7.11. The Morgan fingerprint density at radius 1 is 1.38 bits per heavy atom. The number of pyridine rings is 1. The summed E-state index contributed by atoms with van der Waals surface area (Å²) in [5.41, 5.74) is 7.63. The molecule has 0 saturated heterocycles. The minimum Gasteiger partial charge on any atom is -0.388 e. The van der Waals surface area contributed by atoms with Gasteiger partial charge in [-0.2, -0.15) is 0 Å². The fourth-order valence-corrected chi connectivity index (χ4v) is 2.51. The van der Waals surface area contributed by atoms with Crippen LogP contribution in [0.1, 0.15) is 30.5 Å². The van der Waals surface area contributed by atoms with Crippen LogP contribution in [0, 0.1) is 19.3 Å². The molecule has 0 amide bonds. The van der Waals surface area contributed by atoms with E-state index in [-0.39, 0.29) is 5.84 Å². The molecule has 0 unspecified atom stereocenters. The lowest BCUT2D eigenvalue weighted by atomic mass is 10.2. The second kappa shape index (κ2) is 6.53. The highest BCUT2D eigenvalue weighted by atomic mass is 32.2. The number of thioether (sulfide) groups is 1. The number of aryl methyl sites for hydroxylation is 2. The van der Waals surface area contributed by atoms with E-state index in [1.54, 1.807) is 11.8 Å². The van der Waals surface area contributed by atoms with Crippen LogP contribution in [0.4, 0.5) is 0 Å². The van der Waals surface area contributed by atoms with Gasteiger partial charge in [-0.05, 0) is 50.1 Å². The second-order valence-electron chi connectivity index (χ2n) is 3.95. The lowest BCUT2D eigenvalue weighted by Gasteiger charge is -2.03. The summed E-state index contributed by atoms with van der Waals surface area (Å²) in [6.45, 7) is 4.11. The van der Waals surface area contributed by atoms with Gasteiger partial charge in [-0.1, -0.05) is 0 Å². The molecule has 1 aromatic heterocycles. The van der Waals surface area contributed by atoms with E-state index in [0.29, 0.717) is 6.42 Å². The molecule has 0 bridgehead atoms. The number of nitrogens with two attached hydrogens (primary N) is 1. The van der Waals surface area contributed by atoms with E-state index in [1.165, 1.54) is 5.56 Å². The van der Waals surface area contributed by atoms with Crippen molar-refractivity contribution >= 4 is 17.6 Å². The van der Waals surface area contributed by atoms with Crippen molar-refractivity contribution in [2.45, 2.75) is 38.1 Å². The van der Waals surface area contributed by atoms with Gasteiger partial charge in [-0.25, -0.2) is 4.98 Å². The first kappa shape index (κ1) is 13.0. The van der Waals surface area contributed by atoms with Gasteiger partial charge in [0.25, 0.3) is 0 Å². The fourth-order valence-electron chi connectivity index (χ4n) is 1.47. The van der Waals surface area contributed by atoms with Crippen LogP contribution >= 0.6 is 11.8 Å². The predicted molar refractivity (Wildman–Crippen MR) is 70.2 cm³/mol. The number of unbranched alkanes of at least 4 members (excludes halogenated alkanes) is 1. The van der Waals surface area contributed by atoms with Crippen molar-refractivity contribution in [1.29, 1.82) is 5.41 Å². The Labute approximate surface area is 101 Å². The Kier molecular flexibility index (Phi) is 5.32. The Morgan fingerprint density at radius 3 is 2.75 bits per heavy atom. The summed E-state index contributed by atoms with van der Waals surface area (Å²) in [5, 5.41) is 8.21. The number of amidine groups is 1. The largest absolute Gasteiger partial charge is 0.388 e. The van der Waals surface area contributed by atoms with Crippen molar-refractivity contribution in [3.63, 3.8) is 0 Å². The zero-order valence-electron chi connectivity index (χ0n) is 9.92. The van der Waals surface area contributed by atoms with Crippen molar-refractivity contribution in [3.8, 4) is 0 Å². The van der Waals surface area contributed by atoms with Crippen LogP contribution in [-0.2, 0) is 0 Å². The van der Waals surface area contributed by atoms with Gasteiger partial charge in [0.2, 0.25) is 0 Å². The highest BCUT2D eigenvalue weighted by Crippen LogP contribution is 2.19. The highest BCUT2D eigenvalue weighted by Gasteiger charge is 1.99. The molecule has 0 aromatic carbocycles. The molecule has 1 rings (SSSR count). The molecule has 1 aromatic rings. The van der Waals surface area contributed by atoms with Crippen LogP contribution < -0.4 is 5.73 Å². The third-order valence-electron chi connectivity index (χ3n) is 2.16. The minimum atomic E-state index is 0.287. The lowest BCUT2D eigenvalue weighted by molar-refractivity contribution is 0.835. The minimum absolute atomic E-state index is 0.287.